The topological polar surface area (TPSA) is 42.1 Å². The second-order valence-corrected chi connectivity index (χ2v) is 3.76. The third-order valence-electron chi connectivity index (χ3n) is 2.71. The quantitative estimate of drug-likeness (QED) is 0.888. The van der Waals surface area contributed by atoms with Crippen LogP contribution < -0.4 is 10.3 Å². The molecule has 2 aromatic rings. The fourth-order valence-corrected chi connectivity index (χ4v) is 1.84. The summed E-state index contributed by atoms with van der Waals surface area (Å²) in [6, 6.07) is 2.96. The van der Waals surface area contributed by atoms with Gasteiger partial charge in [-0.3, -0.25) is 4.79 Å². The molecule has 0 unspecified atom stereocenters. The van der Waals surface area contributed by atoms with E-state index < -0.39 is 0 Å². The summed E-state index contributed by atoms with van der Waals surface area (Å²) in [5.74, 6) is 0.204. The number of H-pyrrole nitrogens is 1. The first-order valence-electron chi connectivity index (χ1n) is 5.64. The van der Waals surface area contributed by atoms with Crippen molar-refractivity contribution in [3.05, 3.63) is 40.1 Å². The Balaban J connectivity index is 2.78. The monoisotopic (exact) mass is 235 g/mol. The van der Waals surface area contributed by atoms with E-state index >= 15 is 0 Å². The van der Waals surface area contributed by atoms with Crippen molar-refractivity contribution in [2.75, 3.05) is 6.61 Å². The molecule has 1 heterocycles. The molecular formula is C13H14FNO2. The van der Waals surface area contributed by atoms with Gasteiger partial charge in [-0.1, -0.05) is 6.92 Å². The van der Waals surface area contributed by atoms with Crippen molar-refractivity contribution in [3.8, 4) is 5.75 Å². The van der Waals surface area contributed by atoms with Gasteiger partial charge in [-0.05, 0) is 31.0 Å². The molecule has 3 nitrogen and oxygen atoms in total. The van der Waals surface area contributed by atoms with Crippen molar-refractivity contribution >= 4 is 10.8 Å². The number of rotatable bonds is 3. The molecule has 0 bridgehead atoms. The molecule has 0 aliphatic heterocycles. The number of pyridine rings is 1. The molecule has 1 aromatic heterocycles. The van der Waals surface area contributed by atoms with E-state index in [4.69, 9.17) is 4.74 Å². The molecule has 2 rings (SSSR count). The van der Waals surface area contributed by atoms with Gasteiger partial charge >= 0.3 is 0 Å². The van der Waals surface area contributed by atoms with Gasteiger partial charge in [0.2, 0.25) is 0 Å². The number of nitrogens with one attached hydrogen (secondary N) is 1. The lowest BCUT2D eigenvalue weighted by atomic mass is 10.1. The Morgan fingerprint density at radius 1 is 1.29 bits per heavy atom. The second-order valence-electron chi connectivity index (χ2n) is 3.76. The largest absolute Gasteiger partial charge is 0.492 e. The maximum absolute atomic E-state index is 13.7. The van der Waals surface area contributed by atoms with Gasteiger partial charge in [0.1, 0.15) is 11.6 Å². The van der Waals surface area contributed by atoms with Crippen LogP contribution in [0.4, 0.5) is 4.39 Å². The van der Waals surface area contributed by atoms with Crippen molar-refractivity contribution in [1.29, 1.82) is 0 Å². The van der Waals surface area contributed by atoms with Gasteiger partial charge in [-0.25, -0.2) is 4.39 Å². The van der Waals surface area contributed by atoms with Crippen LogP contribution in [0.15, 0.2) is 23.1 Å². The second kappa shape index (κ2) is 4.57. The third kappa shape index (κ3) is 2.02. The standard InChI is InChI=1S/C13H14FNO2/c1-3-8-5-10-9(6-11(8)14)12(17-4-2)7-15-13(10)16/h5-7H,3-4H2,1-2H3,(H,15,16). The van der Waals surface area contributed by atoms with E-state index in [1.54, 1.807) is 6.07 Å². The van der Waals surface area contributed by atoms with Crippen molar-refractivity contribution in [2.24, 2.45) is 0 Å². The summed E-state index contributed by atoms with van der Waals surface area (Å²) in [6.07, 6.45) is 2.03. The van der Waals surface area contributed by atoms with Crippen molar-refractivity contribution in [2.45, 2.75) is 20.3 Å². The number of ether oxygens (including phenoxy) is 1. The number of benzene rings is 1. The number of hydrogen-bond donors (Lipinski definition) is 1. The van der Waals surface area contributed by atoms with Crippen molar-refractivity contribution in [3.63, 3.8) is 0 Å². The first-order valence-corrected chi connectivity index (χ1v) is 5.64. The predicted molar refractivity (Wildman–Crippen MR) is 65.1 cm³/mol. The predicted octanol–water partition coefficient (Wildman–Crippen LogP) is 2.63. The van der Waals surface area contributed by atoms with Gasteiger partial charge < -0.3 is 9.72 Å². The summed E-state index contributed by atoms with van der Waals surface area (Å²) < 4.78 is 19.1. The van der Waals surface area contributed by atoms with E-state index in [1.165, 1.54) is 12.3 Å². The highest BCUT2D eigenvalue weighted by molar-refractivity contribution is 5.87. The maximum Gasteiger partial charge on any atom is 0.256 e. The lowest BCUT2D eigenvalue weighted by molar-refractivity contribution is 0.343. The average molecular weight is 235 g/mol. The molecule has 0 aliphatic rings. The smallest absolute Gasteiger partial charge is 0.256 e. The molecule has 17 heavy (non-hydrogen) atoms. The SMILES string of the molecule is CCOc1c[nH]c(=O)c2cc(CC)c(F)cc12. The van der Waals surface area contributed by atoms with Crippen LogP contribution >= 0.6 is 0 Å². The molecule has 4 heteroatoms. The zero-order chi connectivity index (χ0) is 12.4. The molecule has 1 aromatic carbocycles. The highest BCUT2D eigenvalue weighted by Crippen LogP contribution is 2.25. The first-order chi connectivity index (χ1) is 8.17. The van der Waals surface area contributed by atoms with Gasteiger partial charge in [0.15, 0.2) is 0 Å². The molecule has 0 spiro atoms. The van der Waals surface area contributed by atoms with Crippen LogP contribution in [-0.4, -0.2) is 11.6 Å². The zero-order valence-electron chi connectivity index (χ0n) is 9.84. The zero-order valence-corrected chi connectivity index (χ0v) is 9.84. The minimum absolute atomic E-state index is 0.224. The molecule has 0 saturated carbocycles. The van der Waals surface area contributed by atoms with Crippen LogP contribution in [0.1, 0.15) is 19.4 Å². The van der Waals surface area contributed by atoms with Crippen LogP contribution in [0.5, 0.6) is 5.75 Å². The summed E-state index contributed by atoms with van der Waals surface area (Å²) in [5, 5.41) is 0.986. The minimum atomic E-state index is -0.299. The number of aryl methyl sites for hydroxylation is 1. The number of fused-ring (bicyclic) bond motifs is 1. The van der Waals surface area contributed by atoms with Crippen LogP contribution in [-0.2, 0) is 6.42 Å². The summed E-state index contributed by atoms with van der Waals surface area (Å²) in [4.78, 5) is 14.3. The van der Waals surface area contributed by atoms with Crippen molar-refractivity contribution in [1.82, 2.24) is 4.98 Å². The lowest BCUT2D eigenvalue weighted by Gasteiger charge is -2.08. The molecule has 0 amide bonds. The third-order valence-corrected chi connectivity index (χ3v) is 2.71. The van der Waals surface area contributed by atoms with E-state index in [-0.39, 0.29) is 11.4 Å². The van der Waals surface area contributed by atoms with E-state index in [1.807, 2.05) is 13.8 Å². The molecule has 0 aliphatic carbocycles. The van der Waals surface area contributed by atoms with Gasteiger partial charge in [0, 0.05) is 11.6 Å². The number of aromatic nitrogens is 1. The molecule has 0 saturated heterocycles. The Labute approximate surface area is 98.2 Å². The Bertz CT molecular complexity index is 604. The molecule has 0 fully saturated rings. The average Bonchev–Trinajstić information content (AvgIpc) is 2.32. The van der Waals surface area contributed by atoms with Crippen LogP contribution in [0, 0.1) is 5.82 Å². The normalized spacial score (nSPS) is 10.8. The molecular weight excluding hydrogens is 221 g/mol. The Morgan fingerprint density at radius 2 is 2.06 bits per heavy atom. The summed E-state index contributed by atoms with van der Waals surface area (Å²) in [6.45, 7) is 4.16. The number of aromatic amines is 1. The number of halogens is 1. The van der Waals surface area contributed by atoms with Crippen molar-refractivity contribution < 1.29 is 9.13 Å². The Hall–Kier alpha value is -1.84. The van der Waals surface area contributed by atoms with Gasteiger partial charge in [-0.2, -0.15) is 0 Å². The Morgan fingerprint density at radius 3 is 2.71 bits per heavy atom. The van der Waals surface area contributed by atoms with Crippen LogP contribution in [0.2, 0.25) is 0 Å². The molecule has 90 valence electrons. The van der Waals surface area contributed by atoms with Gasteiger partial charge in [0.25, 0.3) is 5.56 Å². The minimum Gasteiger partial charge on any atom is -0.492 e. The first kappa shape index (κ1) is 11.6. The summed E-state index contributed by atoms with van der Waals surface area (Å²) in [7, 11) is 0. The maximum atomic E-state index is 13.7. The van der Waals surface area contributed by atoms with E-state index in [9.17, 15) is 9.18 Å². The molecule has 0 atom stereocenters. The molecule has 0 radical (unpaired) electrons. The van der Waals surface area contributed by atoms with E-state index in [2.05, 4.69) is 4.98 Å². The Kier molecular flexibility index (Phi) is 3.13. The highest BCUT2D eigenvalue weighted by atomic mass is 19.1. The summed E-state index contributed by atoms with van der Waals surface area (Å²) in [5.41, 5.74) is 0.315. The molecule has 1 N–H and O–H groups in total. The fraction of sp³-hybridized carbons (Fsp3) is 0.308. The van der Waals surface area contributed by atoms with Gasteiger partial charge in [-0.15, -0.1) is 0 Å². The lowest BCUT2D eigenvalue weighted by Crippen LogP contribution is -2.08. The van der Waals surface area contributed by atoms with Crippen LogP contribution in [0.25, 0.3) is 10.8 Å². The van der Waals surface area contributed by atoms with E-state index in [0.717, 1.165) is 0 Å². The number of hydrogen-bond acceptors (Lipinski definition) is 2. The van der Waals surface area contributed by atoms with Crippen LogP contribution in [0.3, 0.4) is 0 Å². The highest BCUT2D eigenvalue weighted by Gasteiger charge is 2.10. The van der Waals surface area contributed by atoms with Gasteiger partial charge in [0.05, 0.1) is 12.0 Å². The van der Waals surface area contributed by atoms with E-state index in [0.29, 0.717) is 35.1 Å². The fourth-order valence-electron chi connectivity index (χ4n) is 1.84. The summed E-state index contributed by atoms with van der Waals surface area (Å²) >= 11 is 0.